The molecule has 0 unspecified atom stereocenters. The Labute approximate surface area is 108 Å². The average molecular weight is 297 g/mol. The van der Waals surface area contributed by atoms with E-state index in [2.05, 4.69) is 20.9 Å². The molecule has 0 fully saturated rings. The van der Waals surface area contributed by atoms with Gasteiger partial charge in [0.1, 0.15) is 11.2 Å². The van der Waals surface area contributed by atoms with Crippen LogP contribution >= 0.6 is 15.9 Å². The fraction of sp³-hybridized carbons (Fsp3) is 0.333. The van der Waals surface area contributed by atoms with E-state index >= 15 is 0 Å². The van der Waals surface area contributed by atoms with Gasteiger partial charge in [0.2, 0.25) is 0 Å². The predicted octanol–water partition coefficient (Wildman–Crippen LogP) is 3.58. The summed E-state index contributed by atoms with van der Waals surface area (Å²) in [5, 5.41) is 0.894. The van der Waals surface area contributed by atoms with E-state index in [1.807, 2.05) is 39.0 Å². The quantitative estimate of drug-likeness (QED) is 0.746. The number of aromatic nitrogens is 2. The van der Waals surface area contributed by atoms with Gasteiger partial charge < -0.3 is 4.74 Å². The number of ether oxygens (including phenoxy) is 1. The largest absolute Gasteiger partial charge is 0.443 e. The molecule has 0 bridgehead atoms. The van der Waals surface area contributed by atoms with Crippen molar-refractivity contribution in [1.82, 2.24) is 9.55 Å². The predicted molar refractivity (Wildman–Crippen MR) is 69.1 cm³/mol. The summed E-state index contributed by atoms with van der Waals surface area (Å²) in [6.07, 6.45) is 1.22. The van der Waals surface area contributed by atoms with E-state index in [1.165, 1.54) is 4.57 Å². The van der Waals surface area contributed by atoms with Crippen LogP contribution in [0.1, 0.15) is 20.8 Å². The van der Waals surface area contributed by atoms with Crippen LogP contribution in [0.25, 0.3) is 11.0 Å². The second kappa shape index (κ2) is 4.14. The first-order valence-corrected chi connectivity index (χ1v) is 6.03. The zero-order valence-corrected chi connectivity index (χ0v) is 11.5. The zero-order chi connectivity index (χ0) is 12.6. The smallest absolute Gasteiger partial charge is 0.421 e. The maximum absolute atomic E-state index is 12.0. The first kappa shape index (κ1) is 12.1. The van der Waals surface area contributed by atoms with Crippen molar-refractivity contribution in [2.75, 3.05) is 0 Å². The molecular weight excluding hydrogens is 284 g/mol. The van der Waals surface area contributed by atoms with E-state index in [0.29, 0.717) is 10.3 Å². The summed E-state index contributed by atoms with van der Waals surface area (Å²) in [5.41, 5.74) is 0.0654. The van der Waals surface area contributed by atoms with E-state index < -0.39 is 11.7 Å². The third-order valence-corrected chi connectivity index (χ3v) is 2.68. The molecule has 0 aliphatic heterocycles. The number of fused-ring (bicyclic) bond motifs is 1. The van der Waals surface area contributed by atoms with Crippen LogP contribution < -0.4 is 0 Å². The summed E-state index contributed by atoms with van der Waals surface area (Å²) < 4.78 is 7.38. The van der Waals surface area contributed by atoms with Crippen molar-refractivity contribution in [3.05, 3.63) is 29.0 Å². The van der Waals surface area contributed by atoms with Crippen LogP contribution in [-0.4, -0.2) is 21.2 Å². The maximum atomic E-state index is 12.0. The molecule has 2 aromatic heterocycles. The molecule has 90 valence electrons. The van der Waals surface area contributed by atoms with Crippen molar-refractivity contribution in [3.63, 3.8) is 0 Å². The van der Waals surface area contributed by atoms with Gasteiger partial charge in [0.05, 0.1) is 4.60 Å². The lowest BCUT2D eigenvalue weighted by atomic mass is 10.2. The first-order chi connectivity index (χ1) is 7.88. The Hall–Kier alpha value is -1.36. The normalized spacial score (nSPS) is 11.8. The molecule has 0 amide bonds. The highest BCUT2D eigenvalue weighted by Gasteiger charge is 2.21. The van der Waals surface area contributed by atoms with Gasteiger partial charge in [-0.05, 0) is 54.9 Å². The van der Waals surface area contributed by atoms with Crippen LogP contribution in [0.2, 0.25) is 0 Å². The Morgan fingerprint density at radius 1 is 1.47 bits per heavy atom. The number of nitrogens with zero attached hydrogens (tertiary/aromatic N) is 2. The summed E-state index contributed by atoms with van der Waals surface area (Å²) in [7, 11) is 0. The van der Waals surface area contributed by atoms with Crippen molar-refractivity contribution in [2.24, 2.45) is 0 Å². The molecular formula is C12H13BrN2O2. The van der Waals surface area contributed by atoms with Gasteiger partial charge in [-0.2, -0.15) is 0 Å². The van der Waals surface area contributed by atoms with E-state index in [1.54, 1.807) is 6.20 Å². The second-order valence-electron chi connectivity index (χ2n) is 4.70. The van der Waals surface area contributed by atoms with Crippen molar-refractivity contribution >= 4 is 33.1 Å². The number of hydrogen-bond donors (Lipinski definition) is 0. The summed E-state index contributed by atoms with van der Waals surface area (Å²) in [5.74, 6) is 0. The van der Waals surface area contributed by atoms with Gasteiger partial charge in [0.15, 0.2) is 0 Å². The molecule has 4 nitrogen and oxygen atoms in total. The number of hydrogen-bond acceptors (Lipinski definition) is 3. The standard InChI is InChI=1S/C12H13BrN2O2/c1-12(2,3)17-11(16)15-9(13)7-8-5-4-6-14-10(8)15/h4-7H,1-3H3. The van der Waals surface area contributed by atoms with Crippen LogP contribution in [0.5, 0.6) is 0 Å². The minimum absolute atomic E-state index is 0.432. The Kier molecular flexibility index (Phi) is 2.95. The molecule has 0 aliphatic rings. The van der Waals surface area contributed by atoms with Crippen LogP contribution in [0.3, 0.4) is 0 Å². The van der Waals surface area contributed by atoms with E-state index in [-0.39, 0.29) is 0 Å². The molecule has 2 heterocycles. The molecule has 0 spiro atoms. The van der Waals surface area contributed by atoms with Gasteiger partial charge in [-0.15, -0.1) is 0 Å². The molecule has 2 rings (SSSR count). The van der Waals surface area contributed by atoms with Gasteiger partial charge in [-0.1, -0.05) is 0 Å². The Morgan fingerprint density at radius 3 is 2.82 bits per heavy atom. The van der Waals surface area contributed by atoms with Gasteiger partial charge in [0.25, 0.3) is 0 Å². The third-order valence-electron chi connectivity index (χ3n) is 2.09. The molecule has 0 saturated heterocycles. The second-order valence-corrected chi connectivity index (χ2v) is 5.51. The van der Waals surface area contributed by atoms with Crippen molar-refractivity contribution in [2.45, 2.75) is 26.4 Å². The topological polar surface area (TPSA) is 44.1 Å². The fourth-order valence-electron chi connectivity index (χ4n) is 1.48. The number of carbonyl (C=O) groups excluding carboxylic acids is 1. The van der Waals surface area contributed by atoms with E-state index in [4.69, 9.17) is 4.74 Å². The Balaban J connectivity index is 2.48. The molecule has 0 aromatic carbocycles. The molecule has 0 N–H and O–H groups in total. The monoisotopic (exact) mass is 296 g/mol. The molecule has 5 heteroatoms. The first-order valence-electron chi connectivity index (χ1n) is 5.24. The molecule has 0 aliphatic carbocycles. The summed E-state index contributed by atoms with van der Waals surface area (Å²) in [4.78, 5) is 16.2. The SMILES string of the molecule is CC(C)(C)OC(=O)n1c(Br)cc2cccnc21. The molecule has 2 aromatic rings. The van der Waals surface area contributed by atoms with Gasteiger partial charge in [-0.3, -0.25) is 0 Å². The fourth-order valence-corrected chi connectivity index (χ4v) is 2.04. The Morgan fingerprint density at radius 2 is 2.18 bits per heavy atom. The number of halogens is 1. The summed E-state index contributed by atoms with van der Waals surface area (Å²) >= 11 is 3.34. The minimum Gasteiger partial charge on any atom is -0.443 e. The van der Waals surface area contributed by atoms with Crippen molar-refractivity contribution in [3.8, 4) is 0 Å². The highest BCUT2D eigenvalue weighted by atomic mass is 79.9. The average Bonchev–Trinajstić information content (AvgIpc) is 2.50. The van der Waals surface area contributed by atoms with E-state index in [0.717, 1.165) is 5.39 Å². The lowest BCUT2D eigenvalue weighted by Gasteiger charge is -2.19. The number of carbonyl (C=O) groups is 1. The van der Waals surface area contributed by atoms with Crippen molar-refractivity contribution < 1.29 is 9.53 Å². The van der Waals surface area contributed by atoms with Gasteiger partial charge in [0, 0.05) is 11.6 Å². The highest BCUT2D eigenvalue weighted by molar-refractivity contribution is 9.10. The van der Waals surface area contributed by atoms with Crippen LogP contribution in [-0.2, 0) is 4.74 Å². The lowest BCUT2D eigenvalue weighted by Crippen LogP contribution is -2.27. The van der Waals surface area contributed by atoms with Gasteiger partial charge in [-0.25, -0.2) is 14.3 Å². The van der Waals surface area contributed by atoms with Crippen molar-refractivity contribution in [1.29, 1.82) is 0 Å². The third kappa shape index (κ3) is 2.49. The minimum atomic E-state index is -0.526. The van der Waals surface area contributed by atoms with Gasteiger partial charge >= 0.3 is 6.09 Å². The Bertz CT molecular complexity index is 569. The highest BCUT2D eigenvalue weighted by Crippen LogP contribution is 2.23. The molecule has 0 saturated carbocycles. The molecule has 17 heavy (non-hydrogen) atoms. The maximum Gasteiger partial charge on any atom is 0.421 e. The summed E-state index contributed by atoms with van der Waals surface area (Å²) in [6.45, 7) is 5.49. The summed E-state index contributed by atoms with van der Waals surface area (Å²) in [6, 6.07) is 5.56. The molecule has 0 radical (unpaired) electrons. The van der Waals surface area contributed by atoms with Crippen LogP contribution in [0, 0.1) is 0 Å². The zero-order valence-electron chi connectivity index (χ0n) is 9.90. The number of pyridine rings is 1. The van der Waals surface area contributed by atoms with Crippen LogP contribution in [0.4, 0.5) is 4.79 Å². The lowest BCUT2D eigenvalue weighted by molar-refractivity contribution is 0.0540. The molecule has 0 atom stereocenters. The number of rotatable bonds is 0. The van der Waals surface area contributed by atoms with Crippen LogP contribution in [0.15, 0.2) is 29.0 Å². The van der Waals surface area contributed by atoms with E-state index in [9.17, 15) is 4.79 Å².